The van der Waals surface area contributed by atoms with Crippen LogP contribution in [-0.2, 0) is 19.8 Å². The molecule has 2 unspecified atom stereocenters. The number of aryl methyl sites for hydroxylation is 2. The Balaban J connectivity index is 1.49. The van der Waals surface area contributed by atoms with Crippen molar-refractivity contribution in [3.05, 3.63) is 35.5 Å². The third-order valence-electron chi connectivity index (χ3n) is 8.46. The van der Waals surface area contributed by atoms with E-state index in [-0.39, 0.29) is 24.0 Å². The molecular weight excluding hydrogens is 484 g/mol. The highest BCUT2D eigenvalue weighted by Crippen LogP contribution is 2.63. The number of fused-ring (bicyclic) bond motifs is 2. The van der Waals surface area contributed by atoms with E-state index in [1.807, 2.05) is 34.6 Å². The van der Waals surface area contributed by atoms with Crippen molar-refractivity contribution in [1.29, 1.82) is 0 Å². The Morgan fingerprint density at radius 2 is 1.89 bits per heavy atom. The van der Waals surface area contributed by atoms with Gasteiger partial charge in [0.1, 0.15) is 22.7 Å². The van der Waals surface area contributed by atoms with E-state index in [2.05, 4.69) is 27.9 Å². The number of benzene rings is 1. The SMILES string of the molecule is COC1CCC(n2c(C34CC3CC(=O)N4C(=O)OC(C)(C)C)nc3cc(-c4c(C)noc4C)ccc32)CC1. The molecule has 3 fully saturated rings. The minimum absolute atomic E-state index is 0.0513. The fourth-order valence-corrected chi connectivity index (χ4v) is 6.67. The van der Waals surface area contributed by atoms with Crippen LogP contribution in [0.25, 0.3) is 22.2 Å². The van der Waals surface area contributed by atoms with E-state index in [0.29, 0.717) is 12.8 Å². The molecule has 202 valence electrons. The minimum atomic E-state index is -0.764. The van der Waals surface area contributed by atoms with Gasteiger partial charge in [0.15, 0.2) is 0 Å². The Morgan fingerprint density at radius 3 is 2.53 bits per heavy atom. The summed E-state index contributed by atoms with van der Waals surface area (Å²) in [5.74, 6) is 1.42. The van der Waals surface area contributed by atoms with Gasteiger partial charge in [0.2, 0.25) is 5.91 Å². The summed E-state index contributed by atoms with van der Waals surface area (Å²) in [5, 5.41) is 4.12. The van der Waals surface area contributed by atoms with E-state index in [1.165, 1.54) is 4.90 Å². The summed E-state index contributed by atoms with van der Waals surface area (Å²) < 4.78 is 19.1. The lowest BCUT2D eigenvalue weighted by Gasteiger charge is -2.33. The summed E-state index contributed by atoms with van der Waals surface area (Å²) in [7, 11) is 1.77. The van der Waals surface area contributed by atoms with Crippen LogP contribution in [0, 0.1) is 19.8 Å². The quantitative estimate of drug-likeness (QED) is 0.427. The lowest BCUT2D eigenvalue weighted by Crippen LogP contribution is -2.45. The summed E-state index contributed by atoms with van der Waals surface area (Å²) in [6.45, 7) is 9.31. The number of nitrogens with zero attached hydrogens (tertiary/aromatic N) is 4. The molecule has 3 heterocycles. The number of likely N-dealkylation sites (tertiary alicyclic amines) is 1. The van der Waals surface area contributed by atoms with Crippen molar-refractivity contribution in [1.82, 2.24) is 19.6 Å². The molecule has 1 aromatic carbocycles. The van der Waals surface area contributed by atoms with Gasteiger partial charge < -0.3 is 18.6 Å². The first-order valence-electron chi connectivity index (χ1n) is 13.6. The number of hydrogen-bond acceptors (Lipinski definition) is 7. The van der Waals surface area contributed by atoms with Crippen LogP contribution in [-0.4, -0.2) is 50.4 Å². The minimum Gasteiger partial charge on any atom is -0.443 e. The van der Waals surface area contributed by atoms with E-state index in [9.17, 15) is 9.59 Å². The number of carbonyl (C=O) groups is 2. The largest absolute Gasteiger partial charge is 0.443 e. The van der Waals surface area contributed by atoms with Crippen LogP contribution in [0.3, 0.4) is 0 Å². The van der Waals surface area contributed by atoms with Crippen LogP contribution in [0.15, 0.2) is 22.7 Å². The molecule has 2 aliphatic carbocycles. The Kier molecular flexibility index (Phi) is 5.72. The zero-order valence-corrected chi connectivity index (χ0v) is 23.0. The summed E-state index contributed by atoms with van der Waals surface area (Å²) in [6, 6.07) is 6.48. The van der Waals surface area contributed by atoms with Gasteiger partial charge in [0.25, 0.3) is 0 Å². The summed E-state index contributed by atoms with van der Waals surface area (Å²) >= 11 is 0. The fourth-order valence-electron chi connectivity index (χ4n) is 6.67. The van der Waals surface area contributed by atoms with Crippen molar-refractivity contribution in [2.45, 2.75) is 96.4 Å². The molecule has 9 heteroatoms. The number of imide groups is 1. The molecule has 1 aliphatic heterocycles. The summed E-state index contributed by atoms with van der Waals surface area (Å²) in [5.41, 5.74) is 3.18. The number of hydrogen-bond donors (Lipinski definition) is 0. The topological polar surface area (TPSA) is 99.7 Å². The van der Waals surface area contributed by atoms with Crippen molar-refractivity contribution in [3.8, 4) is 11.1 Å². The van der Waals surface area contributed by atoms with E-state index in [4.69, 9.17) is 19.0 Å². The Morgan fingerprint density at radius 1 is 1.16 bits per heavy atom. The molecule has 0 spiro atoms. The third-order valence-corrected chi connectivity index (χ3v) is 8.46. The van der Waals surface area contributed by atoms with Crippen LogP contribution in [0.4, 0.5) is 4.79 Å². The number of aromatic nitrogens is 3. The zero-order valence-electron chi connectivity index (χ0n) is 23.0. The fraction of sp³-hybridized carbons (Fsp3) is 0.586. The van der Waals surface area contributed by atoms with Crippen molar-refractivity contribution in [3.63, 3.8) is 0 Å². The van der Waals surface area contributed by atoms with Gasteiger partial charge in [-0.2, -0.15) is 0 Å². The first-order valence-corrected chi connectivity index (χ1v) is 13.6. The molecule has 3 aromatic rings. The maximum absolute atomic E-state index is 13.4. The molecule has 0 radical (unpaired) electrons. The molecule has 38 heavy (non-hydrogen) atoms. The van der Waals surface area contributed by atoms with Crippen molar-refractivity contribution in [2.75, 3.05) is 7.11 Å². The third kappa shape index (κ3) is 3.85. The molecule has 0 bridgehead atoms. The molecule has 2 amide bonds. The highest BCUT2D eigenvalue weighted by Gasteiger charge is 2.71. The first-order chi connectivity index (χ1) is 18.0. The van der Waals surface area contributed by atoms with Crippen LogP contribution < -0.4 is 0 Å². The monoisotopic (exact) mass is 520 g/mol. The van der Waals surface area contributed by atoms with Crippen molar-refractivity contribution in [2.24, 2.45) is 5.92 Å². The van der Waals surface area contributed by atoms with Gasteiger partial charge >= 0.3 is 6.09 Å². The van der Waals surface area contributed by atoms with Gasteiger partial charge in [-0.05, 0) is 84.4 Å². The van der Waals surface area contributed by atoms with Crippen LogP contribution >= 0.6 is 0 Å². The number of imidazole rings is 1. The average molecular weight is 521 g/mol. The number of ether oxygens (including phenoxy) is 2. The standard InChI is InChI=1S/C29H36N4O5/c1-16-25(17(2)38-31-16)18-7-12-23-22(13-18)30-26(32(23)20-8-10-21(36-6)11-9-20)29-15-19(29)14-24(34)33(29)27(35)37-28(3,4)5/h7,12-13,19-21H,8-11,14-15H2,1-6H3. The second kappa shape index (κ2) is 8.66. The van der Waals surface area contributed by atoms with E-state index < -0.39 is 17.2 Å². The van der Waals surface area contributed by atoms with E-state index >= 15 is 0 Å². The summed E-state index contributed by atoms with van der Waals surface area (Å²) in [4.78, 5) is 33.1. The maximum Gasteiger partial charge on any atom is 0.417 e. The molecule has 9 nitrogen and oxygen atoms in total. The number of carbonyl (C=O) groups excluding carboxylic acids is 2. The van der Waals surface area contributed by atoms with Gasteiger partial charge in [0, 0.05) is 31.1 Å². The van der Waals surface area contributed by atoms with Gasteiger partial charge in [-0.3, -0.25) is 4.79 Å². The van der Waals surface area contributed by atoms with Crippen molar-refractivity contribution < 1.29 is 23.6 Å². The zero-order chi connectivity index (χ0) is 27.0. The van der Waals surface area contributed by atoms with Gasteiger partial charge in [-0.25, -0.2) is 14.7 Å². The van der Waals surface area contributed by atoms with Gasteiger partial charge in [-0.1, -0.05) is 11.2 Å². The Labute approximate surface area is 222 Å². The average Bonchev–Trinajstić information content (AvgIpc) is 3.12. The molecule has 1 saturated heterocycles. The molecule has 3 aliphatic rings. The highest BCUT2D eigenvalue weighted by molar-refractivity contribution is 5.97. The van der Waals surface area contributed by atoms with E-state index in [0.717, 1.165) is 65.1 Å². The predicted molar refractivity (Wildman–Crippen MR) is 140 cm³/mol. The predicted octanol–water partition coefficient (Wildman–Crippen LogP) is 5.82. The van der Waals surface area contributed by atoms with Crippen LogP contribution in [0.2, 0.25) is 0 Å². The summed E-state index contributed by atoms with van der Waals surface area (Å²) in [6.07, 6.45) is 4.54. The van der Waals surface area contributed by atoms with E-state index in [1.54, 1.807) is 7.11 Å². The maximum atomic E-state index is 13.4. The second-order valence-corrected chi connectivity index (χ2v) is 12.1. The van der Waals surface area contributed by atoms with Gasteiger partial charge in [0.05, 0.1) is 22.8 Å². The molecular formula is C29H36N4O5. The molecule has 2 aromatic heterocycles. The number of piperidine rings is 1. The molecule has 0 N–H and O–H groups in total. The number of rotatable bonds is 4. The second-order valence-electron chi connectivity index (χ2n) is 12.1. The van der Waals surface area contributed by atoms with Crippen molar-refractivity contribution >= 4 is 23.0 Å². The molecule has 2 atom stereocenters. The lowest BCUT2D eigenvalue weighted by atomic mass is 9.92. The van der Waals surface area contributed by atoms with Crippen LogP contribution in [0.5, 0.6) is 0 Å². The number of amides is 2. The molecule has 2 saturated carbocycles. The highest BCUT2D eigenvalue weighted by atomic mass is 16.6. The smallest absolute Gasteiger partial charge is 0.417 e. The van der Waals surface area contributed by atoms with Gasteiger partial charge in [-0.15, -0.1) is 0 Å². The molecule has 6 rings (SSSR count). The normalized spacial score (nSPS) is 27.2. The number of methoxy groups -OCH3 is 1. The van der Waals surface area contributed by atoms with Crippen LogP contribution in [0.1, 0.15) is 82.6 Å². The lowest BCUT2D eigenvalue weighted by molar-refractivity contribution is -0.130. The first kappa shape index (κ1) is 25.1. The Bertz CT molecular complexity index is 1410. The Hall–Kier alpha value is -3.20.